The molecule has 1 N–H and O–H groups in total. The van der Waals surface area contributed by atoms with E-state index in [1.54, 1.807) is 24.5 Å². The average Bonchev–Trinajstić information content (AvgIpc) is 3.38. The number of nitrogens with one attached hydrogen (secondary N) is 1. The van der Waals surface area contributed by atoms with Crippen molar-refractivity contribution in [3.63, 3.8) is 0 Å². The van der Waals surface area contributed by atoms with Gasteiger partial charge in [0.1, 0.15) is 11.8 Å². The first-order chi connectivity index (χ1) is 15.6. The predicted octanol–water partition coefficient (Wildman–Crippen LogP) is 3.77. The van der Waals surface area contributed by atoms with Crippen LogP contribution in [0.2, 0.25) is 0 Å². The molecule has 5 rings (SSSR count). The molecule has 7 nitrogen and oxygen atoms in total. The van der Waals surface area contributed by atoms with Crippen LogP contribution in [0, 0.1) is 0 Å². The van der Waals surface area contributed by atoms with E-state index in [-0.39, 0.29) is 11.4 Å². The lowest BCUT2D eigenvalue weighted by Gasteiger charge is -2.17. The van der Waals surface area contributed by atoms with Crippen LogP contribution < -0.4 is 9.62 Å². The molecule has 0 unspecified atom stereocenters. The van der Waals surface area contributed by atoms with Crippen LogP contribution in [0.5, 0.6) is 0 Å². The third-order valence-corrected chi connectivity index (χ3v) is 7.02. The lowest BCUT2D eigenvalue weighted by atomic mass is 10.1. The SMILES string of the molecule is O=S(=O)(NCc1ccccc1)c1cccc(-c2ccc3ncnc(N4CCCC4)c3n2)c1. The zero-order chi connectivity index (χ0) is 22.0. The highest BCUT2D eigenvalue weighted by Gasteiger charge is 2.19. The van der Waals surface area contributed by atoms with Crippen molar-refractivity contribution < 1.29 is 8.42 Å². The fraction of sp³-hybridized carbons (Fsp3) is 0.208. The number of anilines is 1. The summed E-state index contributed by atoms with van der Waals surface area (Å²) in [6.07, 6.45) is 3.85. The Hall–Kier alpha value is -3.36. The van der Waals surface area contributed by atoms with Crippen LogP contribution in [-0.2, 0) is 16.6 Å². The van der Waals surface area contributed by atoms with Gasteiger partial charge in [-0.1, -0.05) is 42.5 Å². The Bertz CT molecular complexity index is 1350. The van der Waals surface area contributed by atoms with Crippen molar-refractivity contribution in [2.45, 2.75) is 24.3 Å². The molecule has 1 aliphatic rings. The molecule has 2 aromatic heterocycles. The van der Waals surface area contributed by atoms with Crippen LogP contribution in [0.4, 0.5) is 5.82 Å². The van der Waals surface area contributed by atoms with Crippen molar-refractivity contribution >= 4 is 26.9 Å². The van der Waals surface area contributed by atoms with Crippen LogP contribution in [0.25, 0.3) is 22.3 Å². The summed E-state index contributed by atoms with van der Waals surface area (Å²) in [7, 11) is -3.66. The summed E-state index contributed by atoms with van der Waals surface area (Å²) >= 11 is 0. The molecule has 1 fully saturated rings. The molecule has 0 atom stereocenters. The Morgan fingerprint density at radius 3 is 2.53 bits per heavy atom. The average molecular weight is 446 g/mol. The topological polar surface area (TPSA) is 88.1 Å². The largest absolute Gasteiger partial charge is 0.355 e. The Kier molecular flexibility index (Phi) is 5.55. The molecule has 0 amide bonds. The zero-order valence-corrected chi connectivity index (χ0v) is 18.3. The first-order valence-electron chi connectivity index (χ1n) is 10.6. The Balaban J connectivity index is 1.46. The third-order valence-electron chi connectivity index (χ3n) is 5.62. The molecule has 4 aromatic rings. The Morgan fingerprint density at radius 2 is 1.72 bits per heavy atom. The van der Waals surface area contributed by atoms with Gasteiger partial charge in [0.25, 0.3) is 0 Å². The summed E-state index contributed by atoms with van der Waals surface area (Å²) in [6.45, 7) is 2.15. The van der Waals surface area contributed by atoms with Crippen LogP contribution >= 0.6 is 0 Å². The third kappa shape index (κ3) is 4.19. The van der Waals surface area contributed by atoms with Gasteiger partial charge < -0.3 is 4.90 Å². The van der Waals surface area contributed by atoms with E-state index in [0.717, 1.165) is 53.9 Å². The van der Waals surface area contributed by atoms with Gasteiger partial charge in [-0.25, -0.2) is 28.1 Å². The highest BCUT2D eigenvalue weighted by atomic mass is 32.2. The van der Waals surface area contributed by atoms with Crippen LogP contribution in [0.1, 0.15) is 18.4 Å². The fourth-order valence-corrected chi connectivity index (χ4v) is 4.99. The number of sulfonamides is 1. The van der Waals surface area contributed by atoms with Gasteiger partial charge in [0.05, 0.1) is 16.1 Å². The Morgan fingerprint density at radius 1 is 0.906 bits per heavy atom. The van der Waals surface area contributed by atoms with Crippen molar-refractivity contribution in [2.24, 2.45) is 0 Å². The standard InChI is InChI=1S/C24H23N5O2S/c30-32(31,27-16-18-7-2-1-3-8-18)20-10-6-9-19(15-20)21-11-12-22-23(28-21)24(26-17-25-22)29-13-4-5-14-29/h1-3,6-12,15,17,27H,4-5,13-14,16H2. The van der Waals surface area contributed by atoms with E-state index in [1.165, 1.54) is 0 Å². The van der Waals surface area contributed by atoms with Crippen molar-refractivity contribution in [3.8, 4) is 11.3 Å². The maximum Gasteiger partial charge on any atom is 0.240 e. The molecule has 2 aromatic carbocycles. The summed E-state index contributed by atoms with van der Waals surface area (Å²) in [5.41, 5.74) is 3.83. The molecule has 1 saturated heterocycles. The molecule has 1 aliphatic heterocycles. The van der Waals surface area contributed by atoms with Crippen molar-refractivity contribution in [3.05, 3.63) is 78.6 Å². The van der Waals surface area contributed by atoms with Crippen molar-refractivity contribution in [2.75, 3.05) is 18.0 Å². The van der Waals surface area contributed by atoms with E-state index in [2.05, 4.69) is 19.6 Å². The van der Waals surface area contributed by atoms with Crippen LogP contribution in [0.3, 0.4) is 0 Å². The normalized spacial score (nSPS) is 14.2. The zero-order valence-electron chi connectivity index (χ0n) is 17.5. The number of hydrogen-bond donors (Lipinski definition) is 1. The number of fused-ring (bicyclic) bond motifs is 1. The molecule has 0 bridgehead atoms. The number of nitrogens with zero attached hydrogens (tertiary/aromatic N) is 4. The van der Waals surface area contributed by atoms with Gasteiger partial charge in [0.15, 0.2) is 5.82 Å². The van der Waals surface area contributed by atoms with E-state index >= 15 is 0 Å². The summed E-state index contributed by atoms with van der Waals surface area (Å²) < 4.78 is 28.4. The van der Waals surface area contributed by atoms with E-state index in [9.17, 15) is 8.42 Å². The quantitative estimate of drug-likeness (QED) is 0.486. The maximum atomic E-state index is 12.9. The van der Waals surface area contributed by atoms with Gasteiger partial charge in [0.2, 0.25) is 10.0 Å². The van der Waals surface area contributed by atoms with E-state index < -0.39 is 10.0 Å². The lowest BCUT2D eigenvalue weighted by molar-refractivity contribution is 0.581. The minimum Gasteiger partial charge on any atom is -0.355 e. The van der Waals surface area contributed by atoms with Gasteiger partial charge in [-0.2, -0.15) is 0 Å². The molecule has 32 heavy (non-hydrogen) atoms. The number of pyridine rings is 1. The minimum atomic E-state index is -3.66. The van der Waals surface area contributed by atoms with Crippen LogP contribution in [-0.4, -0.2) is 36.5 Å². The fourth-order valence-electron chi connectivity index (χ4n) is 3.93. The van der Waals surface area contributed by atoms with Gasteiger partial charge >= 0.3 is 0 Å². The van der Waals surface area contributed by atoms with Crippen molar-refractivity contribution in [1.82, 2.24) is 19.7 Å². The van der Waals surface area contributed by atoms with E-state index in [4.69, 9.17) is 4.98 Å². The lowest BCUT2D eigenvalue weighted by Crippen LogP contribution is -2.23. The molecular weight excluding hydrogens is 422 g/mol. The molecule has 8 heteroatoms. The molecule has 0 saturated carbocycles. The molecule has 0 radical (unpaired) electrons. The summed E-state index contributed by atoms with van der Waals surface area (Å²) in [6, 6.07) is 20.1. The van der Waals surface area contributed by atoms with Crippen LogP contribution in [0.15, 0.2) is 78.0 Å². The molecule has 0 aliphatic carbocycles. The first-order valence-corrected chi connectivity index (χ1v) is 12.1. The first kappa shape index (κ1) is 20.5. The Labute approximate surface area is 187 Å². The highest BCUT2D eigenvalue weighted by molar-refractivity contribution is 7.89. The van der Waals surface area contributed by atoms with Gasteiger partial charge in [0, 0.05) is 25.2 Å². The van der Waals surface area contributed by atoms with E-state index in [1.807, 2.05) is 48.5 Å². The minimum absolute atomic E-state index is 0.205. The summed E-state index contributed by atoms with van der Waals surface area (Å²) in [5.74, 6) is 0.836. The highest BCUT2D eigenvalue weighted by Crippen LogP contribution is 2.28. The molecular formula is C24H23N5O2S. The van der Waals surface area contributed by atoms with Crippen molar-refractivity contribution in [1.29, 1.82) is 0 Å². The predicted molar refractivity (Wildman–Crippen MR) is 125 cm³/mol. The summed E-state index contributed by atoms with van der Waals surface area (Å²) in [5, 5.41) is 0. The number of benzene rings is 2. The summed E-state index contributed by atoms with van der Waals surface area (Å²) in [4.78, 5) is 16.1. The molecule has 0 spiro atoms. The molecule has 3 heterocycles. The second-order valence-electron chi connectivity index (χ2n) is 7.79. The van der Waals surface area contributed by atoms with Gasteiger partial charge in [-0.3, -0.25) is 0 Å². The maximum absolute atomic E-state index is 12.9. The number of aromatic nitrogens is 3. The van der Waals surface area contributed by atoms with Gasteiger partial charge in [-0.05, 0) is 42.7 Å². The smallest absolute Gasteiger partial charge is 0.240 e. The van der Waals surface area contributed by atoms with Gasteiger partial charge in [-0.15, -0.1) is 0 Å². The second-order valence-corrected chi connectivity index (χ2v) is 9.56. The number of rotatable bonds is 6. The number of hydrogen-bond acceptors (Lipinski definition) is 6. The molecule has 162 valence electrons. The monoisotopic (exact) mass is 445 g/mol. The second kappa shape index (κ2) is 8.64. The van der Waals surface area contributed by atoms with E-state index in [0.29, 0.717) is 5.69 Å².